The van der Waals surface area contributed by atoms with Gasteiger partial charge in [0.05, 0.1) is 5.57 Å². The summed E-state index contributed by atoms with van der Waals surface area (Å²) in [5.41, 5.74) is -2.54. The molecule has 0 aromatic rings. The predicted molar refractivity (Wildman–Crippen MR) is 133 cm³/mol. The molecule has 0 aliphatic heterocycles. The Balaban J connectivity index is 1.73. The first kappa shape index (κ1) is 24.9. The zero-order valence-electron chi connectivity index (χ0n) is 22.2. The van der Waals surface area contributed by atoms with Crippen LogP contribution in [0.3, 0.4) is 0 Å². The van der Waals surface area contributed by atoms with Crippen molar-refractivity contribution < 1.29 is 19.8 Å². The summed E-state index contributed by atoms with van der Waals surface area (Å²) in [4.78, 5) is 27.1. The fraction of sp³-hybridized carbons (Fsp3) is 0.767. The topological polar surface area (TPSA) is 98.4 Å². The van der Waals surface area contributed by atoms with Crippen molar-refractivity contribution in [1.29, 1.82) is 5.26 Å². The lowest BCUT2D eigenvalue weighted by Crippen LogP contribution is -2.74. The highest BCUT2D eigenvalue weighted by molar-refractivity contribution is 6.03. The van der Waals surface area contributed by atoms with Crippen LogP contribution in [0.15, 0.2) is 23.3 Å². The molecule has 0 radical (unpaired) electrons. The van der Waals surface area contributed by atoms with Crippen LogP contribution in [-0.2, 0) is 9.59 Å². The fourth-order valence-electron chi connectivity index (χ4n) is 9.65. The number of rotatable bonds is 1. The van der Waals surface area contributed by atoms with Gasteiger partial charge in [-0.1, -0.05) is 47.6 Å². The molecule has 2 N–H and O–H groups in total. The minimum Gasteiger partial charge on any atom is -0.396 e. The summed E-state index contributed by atoms with van der Waals surface area (Å²) in [6.07, 6.45) is 9.14. The second kappa shape index (κ2) is 7.17. The van der Waals surface area contributed by atoms with Gasteiger partial charge >= 0.3 is 0 Å². The number of hydrogen-bond acceptors (Lipinski definition) is 5. The highest BCUT2D eigenvalue weighted by Gasteiger charge is 2.75. The lowest BCUT2D eigenvalue weighted by atomic mass is 9.33. The largest absolute Gasteiger partial charge is 0.396 e. The van der Waals surface area contributed by atoms with E-state index in [0.29, 0.717) is 12.8 Å². The molecule has 0 aromatic heterocycles. The Morgan fingerprint density at radius 1 is 1.06 bits per heavy atom. The van der Waals surface area contributed by atoms with Crippen LogP contribution in [0.1, 0.15) is 86.5 Å². The number of hydrogen-bond donors (Lipinski definition) is 2. The Morgan fingerprint density at radius 2 is 1.71 bits per heavy atom. The third-order valence-electron chi connectivity index (χ3n) is 12.2. The van der Waals surface area contributed by atoms with Crippen LogP contribution < -0.4 is 0 Å². The number of allylic oxidation sites excluding steroid dienone is 3. The van der Waals surface area contributed by atoms with Crippen LogP contribution in [0.25, 0.3) is 0 Å². The minimum absolute atomic E-state index is 0.000382. The maximum Gasteiger partial charge on any atom is 0.188 e. The number of nitriles is 1. The molecule has 0 aromatic carbocycles. The van der Waals surface area contributed by atoms with Gasteiger partial charge in [-0.25, -0.2) is 0 Å². The van der Waals surface area contributed by atoms with Crippen LogP contribution in [0, 0.1) is 56.2 Å². The van der Waals surface area contributed by atoms with Crippen LogP contribution in [0.4, 0.5) is 0 Å². The molecule has 5 nitrogen and oxygen atoms in total. The number of nitrogens with zero attached hydrogens (tertiary/aromatic N) is 1. The summed E-state index contributed by atoms with van der Waals surface area (Å²) in [5, 5.41) is 33.0. The average molecular weight is 480 g/mol. The summed E-state index contributed by atoms with van der Waals surface area (Å²) in [5.74, 6) is -0.888. The zero-order chi connectivity index (χ0) is 25.8. The maximum atomic E-state index is 14.2. The van der Waals surface area contributed by atoms with E-state index >= 15 is 0 Å². The first-order valence-corrected chi connectivity index (χ1v) is 13.4. The molecule has 0 spiro atoms. The van der Waals surface area contributed by atoms with E-state index in [1.165, 1.54) is 0 Å². The van der Waals surface area contributed by atoms with Gasteiger partial charge in [0.25, 0.3) is 0 Å². The molecule has 0 bridgehead atoms. The van der Waals surface area contributed by atoms with E-state index in [1.807, 2.05) is 13.0 Å². The van der Waals surface area contributed by atoms with E-state index in [-0.39, 0.29) is 46.9 Å². The molecule has 35 heavy (non-hydrogen) atoms. The van der Waals surface area contributed by atoms with Crippen LogP contribution in [0.5, 0.6) is 0 Å². The van der Waals surface area contributed by atoms with Gasteiger partial charge in [-0.3, -0.25) is 9.59 Å². The van der Waals surface area contributed by atoms with Crippen molar-refractivity contribution >= 4 is 11.6 Å². The van der Waals surface area contributed by atoms with Crippen molar-refractivity contribution in [3.05, 3.63) is 23.3 Å². The molecular formula is C30H41NO4. The SMILES string of the molecule is CC1C(=O)C(C#N)=CC2(C)C3=CC(=O)C4(O)C5CC(C)(C)CCC5(CO)CCC4(C)C3(C)CCC12. The molecule has 190 valence electrons. The molecule has 8 unspecified atom stereocenters. The molecule has 5 aliphatic rings. The maximum absolute atomic E-state index is 14.2. The lowest BCUT2D eigenvalue weighted by Gasteiger charge is -2.71. The summed E-state index contributed by atoms with van der Waals surface area (Å²) >= 11 is 0. The van der Waals surface area contributed by atoms with Crippen molar-refractivity contribution in [2.75, 3.05) is 6.61 Å². The quantitative estimate of drug-likeness (QED) is 0.556. The van der Waals surface area contributed by atoms with Gasteiger partial charge in [-0.05, 0) is 78.8 Å². The van der Waals surface area contributed by atoms with Crippen LogP contribution >= 0.6 is 0 Å². The van der Waals surface area contributed by atoms with E-state index < -0.39 is 27.3 Å². The first-order valence-electron chi connectivity index (χ1n) is 13.4. The van der Waals surface area contributed by atoms with Gasteiger partial charge in [0.1, 0.15) is 11.7 Å². The summed E-state index contributed by atoms with van der Waals surface area (Å²) < 4.78 is 0. The van der Waals surface area contributed by atoms with E-state index in [4.69, 9.17) is 0 Å². The number of carbonyl (C=O) groups is 2. The second-order valence-electron chi connectivity index (χ2n) is 14.0. The summed E-state index contributed by atoms with van der Waals surface area (Å²) in [6, 6.07) is 2.12. The first-order chi connectivity index (χ1) is 16.2. The molecule has 3 fully saturated rings. The van der Waals surface area contributed by atoms with E-state index in [2.05, 4.69) is 40.7 Å². The molecule has 5 aliphatic carbocycles. The number of ketones is 2. The van der Waals surface area contributed by atoms with E-state index in [9.17, 15) is 25.1 Å². The highest BCUT2D eigenvalue weighted by atomic mass is 16.3. The van der Waals surface area contributed by atoms with Crippen LogP contribution in [0.2, 0.25) is 0 Å². The third-order valence-corrected chi connectivity index (χ3v) is 12.2. The van der Waals surface area contributed by atoms with Crippen molar-refractivity contribution in [3.63, 3.8) is 0 Å². The summed E-state index contributed by atoms with van der Waals surface area (Å²) in [6.45, 7) is 12.7. The van der Waals surface area contributed by atoms with Crippen LogP contribution in [-0.4, -0.2) is 34.0 Å². The minimum atomic E-state index is -1.55. The lowest BCUT2D eigenvalue weighted by molar-refractivity contribution is -0.250. The number of fused-ring (bicyclic) bond motifs is 7. The Hall–Kier alpha value is -1.77. The number of carbonyl (C=O) groups excluding carboxylic acids is 2. The monoisotopic (exact) mass is 479 g/mol. The van der Waals surface area contributed by atoms with Gasteiger partial charge in [0, 0.05) is 29.3 Å². The Kier molecular flexibility index (Phi) is 5.10. The molecule has 8 atom stereocenters. The van der Waals surface area contributed by atoms with E-state index in [1.54, 1.807) is 6.08 Å². The molecule has 0 saturated heterocycles. The molecule has 0 amide bonds. The van der Waals surface area contributed by atoms with Crippen molar-refractivity contribution in [2.45, 2.75) is 92.1 Å². The van der Waals surface area contributed by atoms with Crippen molar-refractivity contribution in [3.8, 4) is 6.07 Å². The normalized spacial score (nSPS) is 50.5. The zero-order valence-corrected chi connectivity index (χ0v) is 22.2. The van der Waals surface area contributed by atoms with Gasteiger partial charge < -0.3 is 10.2 Å². The van der Waals surface area contributed by atoms with Gasteiger partial charge in [0.15, 0.2) is 11.6 Å². The standard InChI is InChI=1S/C30H41NO4/c1-18-20-7-8-27(5)21(26(20,4)14-19(16-31)24(18)34)13-23(33)30(35)22-15-25(2,3)9-11-29(22,17-32)12-10-28(27,30)6/h13-14,18,20,22,32,35H,7-12,15,17H2,1-6H3. The van der Waals surface area contributed by atoms with E-state index in [0.717, 1.165) is 37.7 Å². The Labute approximate surface area is 209 Å². The number of aliphatic hydroxyl groups is 2. The molecular weight excluding hydrogens is 438 g/mol. The molecule has 5 rings (SSSR count). The Bertz CT molecular complexity index is 1110. The second-order valence-corrected chi connectivity index (χ2v) is 14.0. The number of aliphatic hydroxyl groups excluding tert-OH is 1. The third kappa shape index (κ3) is 2.76. The highest BCUT2D eigenvalue weighted by Crippen LogP contribution is 2.74. The van der Waals surface area contributed by atoms with Crippen molar-refractivity contribution in [1.82, 2.24) is 0 Å². The number of Topliss-reactive ketones (excluding diaryl/α,β-unsaturated/α-hetero) is 1. The predicted octanol–water partition coefficient (Wildman–Crippen LogP) is 4.92. The van der Waals surface area contributed by atoms with Gasteiger partial charge in [-0.2, -0.15) is 5.26 Å². The Morgan fingerprint density at radius 3 is 2.34 bits per heavy atom. The fourth-order valence-corrected chi connectivity index (χ4v) is 9.65. The average Bonchev–Trinajstić information content (AvgIpc) is 2.80. The van der Waals surface area contributed by atoms with Gasteiger partial charge in [-0.15, -0.1) is 0 Å². The van der Waals surface area contributed by atoms with Crippen molar-refractivity contribution in [2.24, 2.45) is 44.8 Å². The smallest absolute Gasteiger partial charge is 0.188 e. The summed E-state index contributed by atoms with van der Waals surface area (Å²) in [7, 11) is 0. The molecule has 5 heteroatoms. The molecule has 0 heterocycles. The molecule has 3 saturated carbocycles. The van der Waals surface area contributed by atoms with Gasteiger partial charge in [0.2, 0.25) is 0 Å².